The van der Waals surface area contributed by atoms with Crippen LogP contribution >= 0.6 is 0 Å². The summed E-state index contributed by atoms with van der Waals surface area (Å²) in [6, 6.07) is 18.3. The number of rotatable bonds is 6. The molecule has 0 fully saturated rings. The van der Waals surface area contributed by atoms with Crippen LogP contribution in [0.4, 0.5) is 0 Å². The predicted octanol–water partition coefficient (Wildman–Crippen LogP) is 3.40. The van der Waals surface area contributed by atoms with Crippen molar-refractivity contribution in [3.8, 4) is 0 Å². The van der Waals surface area contributed by atoms with E-state index in [2.05, 4.69) is 0 Å². The van der Waals surface area contributed by atoms with Gasteiger partial charge in [-0.05, 0) is 16.7 Å². The minimum atomic E-state index is -1.14. The van der Waals surface area contributed by atoms with Crippen LogP contribution in [0.3, 0.4) is 0 Å². The summed E-state index contributed by atoms with van der Waals surface area (Å²) in [5.41, 5.74) is 2.03. The second-order valence-electron chi connectivity index (χ2n) is 4.87. The third-order valence-corrected chi connectivity index (χ3v) is 3.28. The normalized spacial score (nSPS) is 12.6. The van der Waals surface area contributed by atoms with E-state index < -0.39 is 24.3 Å². The van der Waals surface area contributed by atoms with E-state index in [0.29, 0.717) is 11.1 Å². The molecule has 2 rings (SSSR count). The first-order valence-corrected chi connectivity index (χ1v) is 6.84. The molecule has 0 amide bonds. The number of carboxylic acids is 2. The molecule has 4 nitrogen and oxygen atoms in total. The first kappa shape index (κ1) is 15.5. The molecule has 0 bridgehead atoms. The second kappa shape index (κ2) is 7.22. The van der Waals surface area contributed by atoms with Gasteiger partial charge in [-0.15, -0.1) is 0 Å². The lowest BCUT2D eigenvalue weighted by Gasteiger charge is -2.15. The Bertz CT molecular complexity index is 675. The number of hydrogen-bond donors (Lipinski definition) is 2. The molecule has 0 aliphatic rings. The highest BCUT2D eigenvalue weighted by atomic mass is 16.4. The van der Waals surface area contributed by atoms with Gasteiger partial charge in [0.15, 0.2) is 0 Å². The summed E-state index contributed by atoms with van der Waals surface area (Å²) in [5, 5.41) is 18.4. The summed E-state index contributed by atoms with van der Waals surface area (Å²) < 4.78 is 0. The Morgan fingerprint density at radius 3 is 1.95 bits per heavy atom. The third kappa shape index (κ3) is 4.06. The Morgan fingerprint density at radius 2 is 1.45 bits per heavy atom. The van der Waals surface area contributed by atoms with Crippen LogP contribution in [0, 0.1) is 5.92 Å². The number of hydrogen-bond acceptors (Lipinski definition) is 2. The zero-order valence-electron chi connectivity index (χ0n) is 11.8. The van der Waals surface area contributed by atoms with Crippen molar-refractivity contribution in [3.05, 3.63) is 71.8 Å². The fraction of sp³-hybridized carbons (Fsp3) is 0.111. The average molecular weight is 296 g/mol. The number of aliphatic carboxylic acids is 2. The fourth-order valence-corrected chi connectivity index (χ4v) is 2.25. The zero-order chi connectivity index (χ0) is 15.9. The first-order valence-electron chi connectivity index (χ1n) is 6.84. The second-order valence-corrected chi connectivity index (χ2v) is 4.87. The molecule has 0 heterocycles. The summed E-state index contributed by atoms with van der Waals surface area (Å²) in [6.45, 7) is 0. The highest BCUT2D eigenvalue weighted by molar-refractivity contribution is 5.96. The molecular weight excluding hydrogens is 280 g/mol. The lowest BCUT2D eigenvalue weighted by Crippen LogP contribution is -2.19. The molecular formula is C18H16O4. The minimum Gasteiger partial charge on any atom is -0.481 e. The SMILES string of the molecule is O=C(O)CC(C(=O)O)C(=Cc1ccccc1)c1ccccc1. The maximum Gasteiger partial charge on any atom is 0.311 e. The van der Waals surface area contributed by atoms with Crippen LogP contribution in [0.15, 0.2) is 60.7 Å². The molecule has 112 valence electrons. The van der Waals surface area contributed by atoms with Crippen molar-refractivity contribution in [2.45, 2.75) is 6.42 Å². The Labute approximate surface area is 128 Å². The van der Waals surface area contributed by atoms with E-state index in [9.17, 15) is 14.7 Å². The number of benzene rings is 2. The number of carbonyl (C=O) groups is 2. The lowest BCUT2D eigenvalue weighted by molar-refractivity contribution is -0.146. The summed E-state index contributed by atoms with van der Waals surface area (Å²) in [4.78, 5) is 22.5. The molecule has 2 aromatic rings. The maximum atomic E-state index is 11.5. The van der Waals surface area contributed by atoms with Crippen molar-refractivity contribution in [2.75, 3.05) is 0 Å². The van der Waals surface area contributed by atoms with Crippen LogP contribution in [0.1, 0.15) is 17.5 Å². The molecule has 4 heteroatoms. The van der Waals surface area contributed by atoms with Crippen LogP contribution in [-0.2, 0) is 9.59 Å². The van der Waals surface area contributed by atoms with E-state index in [1.54, 1.807) is 30.3 Å². The molecule has 1 unspecified atom stereocenters. The van der Waals surface area contributed by atoms with Crippen LogP contribution < -0.4 is 0 Å². The molecule has 0 radical (unpaired) electrons. The van der Waals surface area contributed by atoms with Gasteiger partial charge >= 0.3 is 11.9 Å². The molecule has 0 aliphatic heterocycles. The molecule has 0 spiro atoms. The molecule has 0 aliphatic carbocycles. The molecule has 1 atom stereocenters. The van der Waals surface area contributed by atoms with Gasteiger partial charge in [0.1, 0.15) is 0 Å². The topological polar surface area (TPSA) is 74.6 Å². The van der Waals surface area contributed by atoms with Gasteiger partial charge in [-0.25, -0.2) is 0 Å². The van der Waals surface area contributed by atoms with Crippen molar-refractivity contribution >= 4 is 23.6 Å². The quantitative estimate of drug-likeness (QED) is 0.801. The van der Waals surface area contributed by atoms with Gasteiger partial charge < -0.3 is 10.2 Å². The van der Waals surface area contributed by atoms with Gasteiger partial charge in [-0.3, -0.25) is 9.59 Å². The summed E-state index contributed by atoms with van der Waals surface area (Å²) in [6.07, 6.45) is 1.28. The molecule has 0 saturated carbocycles. The standard InChI is InChI=1S/C18H16O4/c19-17(20)12-16(18(21)22)15(14-9-5-2-6-10-14)11-13-7-3-1-4-8-13/h1-11,16H,12H2,(H,19,20)(H,21,22). The summed E-state index contributed by atoms with van der Waals surface area (Å²) in [5.74, 6) is -3.38. The Morgan fingerprint density at radius 1 is 0.909 bits per heavy atom. The van der Waals surface area contributed by atoms with Crippen molar-refractivity contribution in [3.63, 3.8) is 0 Å². The van der Waals surface area contributed by atoms with Gasteiger partial charge in [0.25, 0.3) is 0 Å². The van der Waals surface area contributed by atoms with Gasteiger partial charge in [0, 0.05) is 0 Å². The van der Waals surface area contributed by atoms with E-state index >= 15 is 0 Å². The maximum absolute atomic E-state index is 11.5. The third-order valence-electron chi connectivity index (χ3n) is 3.28. The van der Waals surface area contributed by atoms with Crippen LogP contribution in [-0.4, -0.2) is 22.2 Å². The van der Waals surface area contributed by atoms with E-state index in [1.165, 1.54) is 0 Å². The number of carboxylic acid groups (broad SMARTS) is 2. The Balaban J connectivity index is 2.52. The van der Waals surface area contributed by atoms with E-state index in [-0.39, 0.29) is 0 Å². The van der Waals surface area contributed by atoms with Crippen LogP contribution in [0.2, 0.25) is 0 Å². The highest BCUT2D eigenvalue weighted by Gasteiger charge is 2.26. The van der Waals surface area contributed by atoms with Gasteiger partial charge in [0.05, 0.1) is 12.3 Å². The average Bonchev–Trinajstić information content (AvgIpc) is 2.52. The minimum absolute atomic E-state index is 0.455. The molecule has 2 aromatic carbocycles. The molecule has 22 heavy (non-hydrogen) atoms. The van der Waals surface area contributed by atoms with Crippen molar-refractivity contribution < 1.29 is 19.8 Å². The smallest absolute Gasteiger partial charge is 0.311 e. The molecule has 0 aromatic heterocycles. The van der Waals surface area contributed by atoms with Gasteiger partial charge in [-0.2, -0.15) is 0 Å². The van der Waals surface area contributed by atoms with E-state index in [1.807, 2.05) is 36.4 Å². The highest BCUT2D eigenvalue weighted by Crippen LogP contribution is 2.29. The van der Waals surface area contributed by atoms with Gasteiger partial charge in [0.2, 0.25) is 0 Å². The molecule has 2 N–H and O–H groups in total. The fourth-order valence-electron chi connectivity index (χ4n) is 2.25. The largest absolute Gasteiger partial charge is 0.481 e. The predicted molar refractivity (Wildman–Crippen MR) is 84.1 cm³/mol. The van der Waals surface area contributed by atoms with Crippen molar-refractivity contribution in [2.24, 2.45) is 5.92 Å². The Kier molecular flexibility index (Phi) is 5.09. The summed E-state index contributed by atoms with van der Waals surface area (Å²) in [7, 11) is 0. The van der Waals surface area contributed by atoms with Crippen molar-refractivity contribution in [1.82, 2.24) is 0 Å². The Hall–Kier alpha value is -2.88. The first-order chi connectivity index (χ1) is 10.6. The monoisotopic (exact) mass is 296 g/mol. The zero-order valence-corrected chi connectivity index (χ0v) is 11.8. The van der Waals surface area contributed by atoms with Crippen LogP contribution in [0.25, 0.3) is 11.6 Å². The van der Waals surface area contributed by atoms with Crippen LogP contribution in [0.5, 0.6) is 0 Å². The molecule has 0 saturated heterocycles. The van der Waals surface area contributed by atoms with E-state index in [0.717, 1.165) is 5.56 Å². The summed E-state index contributed by atoms with van der Waals surface area (Å²) >= 11 is 0. The lowest BCUT2D eigenvalue weighted by atomic mass is 9.88. The van der Waals surface area contributed by atoms with E-state index in [4.69, 9.17) is 5.11 Å². The van der Waals surface area contributed by atoms with Gasteiger partial charge in [-0.1, -0.05) is 66.7 Å². The van der Waals surface area contributed by atoms with Crippen molar-refractivity contribution in [1.29, 1.82) is 0 Å².